The number of unbranched alkanes of at least 4 members (excludes halogenated alkanes) is 1. The molecule has 0 aliphatic rings. The van der Waals surface area contributed by atoms with Gasteiger partial charge in [0.2, 0.25) is 5.91 Å². The van der Waals surface area contributed by atoms with Crippen LogP contribution < -0.4 is 20.7 Å². The highest BCUT2D eigenvalue weighted by molar-refractivity contribution is 6.01. The molecule has 2 aromatic carbocycles. The molecule has 0 atom stereocenters. The van der Waals surface area contributed by atoms with Gasteiger partial charge in [-0.15, -0.1) is 0 Å². The van der Waals surface area contributed by atoms with E-state index in [4.69, 9.17) is 4.74 Å². The summed E-state index contributed by atoms with van der Waals surface area (Å²) in [5.74, 6) is -0.950. The summed E-state index contributed by atoms with van der Waals surface area (Å²) in [7, 11) is 1.74. The molecule has 4 rings (SSSR count). The van der Waals surface area contributed by atoms with Crippen molar-refractivity contribution in [2.45, 2.75) is 33.1 Å². The van der Waals surface area contributed by atoms with Crippen LogP contribution in [0.4, 0.5) is 29.9 Å². The van der Waals surface area contributed by atoms with E-state index < -0.39 is 23.6 Å². The summed E-state index contributed by atoms with van der Waals surface area (Å²) in [4.78, 5) is 42.7. The number of rotatable bonds is 11. The topological polar surface area (TPSA) is 130 Å². The van der Waals surface area contributed by atoms with Crippen molar-refractivity contribution >= 4 is 29.5 Å². The largest absolute Gasteiger partial charge is 0.454 e. The van der Waals surface area contributed by atoms with Gasteiger partial charge in [-0.3, -0.25) is 10.1 Å². The summed E-state index contributed by atoms with van der Waals surface area (Å²) < 4.78 is 34.8. The minimum absolute atomic E-state index is 0.0733. The van der Waals surface area contributed by atoms with Gasteiger partial charge in [0.25, 0.3) is 0 Å². The second-order valence-corrected chi connectivity index (χ2v) is 10.1. The van der Waals surface area contributed by atoms with E-state index in [-0.39, 0.29) is 23.9 Å². The third kappa shape index (κ3) is 9.08. The monoisotopic (exact) mass is 605 g/mol. The van der Waals surface area contributed by atoms with E-state index in [1.165, 1.54) is 47.3 Å². The number of nitrogens with one attached hydrogen (secondary N) is 3. The fourth-order valence-corrected chi connectivity index (χ4v) is 4.25. The predicted octanol–water partition coefficient (Wildman–Crippen LogP) is 5.65. The number of hydrogen-bond acceptors (Lipinski definition) is 7. The fraction of sp³-hybridized carbons (Fsp3) is 0.258. The van der Waals surface area contributed by atoms with Gasteiger partial charge >= 0.3 is 12.1 Å². The highest BCUT2D eigenvalue weighted by Crippen LogP contribution is 2.27. The first kappa shape index (κ1) is 31.6. The molecule has 3 N–H and O–H groups in total. The molecule has 11 nitrogen and oxygen atoms in total. The lowest BCUT2D eigenvalue weighted by Crippen LogP contribution is -2.35. The molecule has 230 valence electrons. The molecule has 0 spiro atoms. The lowest BCUT2D eigenvalue weighted by Gasteiger charge is -2.17. The summed E-state index contributed by atoms with van der Waals surface area (Å²) in [6, 6.07) is 13.2. The number of carbonyl (C=O) groups is 3. The molecule has 0 radical (unpaired) electrons. The highest BCUT2D eigenvalue weighted by Gasteiger charge is 2.15. The number of pyridine rings is 1. The van der Waals surface area contributed by atoms with Crippen LogP contribution in [0.25, 0.3) is 0 Å². The molecule has 0 saturated heterocycles. The molecule has 44 heavy (non-hydrogen) atoms. The Balaban J connectivity index is 1.21. The van der Waals surface area contributed by atoms with E-state index >= 15 is 0 Å². The van der Waals surface area contributed by atoms with Gasteiger partial charge in [0, 0.05) is 49.8 Å². The Hall–Kier alpha value is -5.33. The van der Waals surface area contributed by atoms with E-state index in [0.717, 1.165) is 30.3 Å². The van der Waals surface area contributed by atoms with Crippen molar-refractivity contribution in [1.82, 2.24) is 25.0 Å². The van der Waals surface area contributed by atoms with Crippen molar-refractivity contribution in [3.8, 4) is 11.5 Å². The Labute approximate surface area is 253 Å². The van der Waals surface area contributed by atoms with Gasteiger partial charge in [0.1, 0.15) is 17.4 Å². The minimum Gasteiger partial charge on any atom is -0.454 e. The third-order valence-corrected chi connectivity index (χ3v) is 6.42. The summed E-state index contributed by atoms with van der Waals surface area (Å²) >= 11 is 0. The number of nitrogens with zero attached hydrogens (tertiary/aromatic N) is 4. The van der Waals surface area contributed by atoms with Crippen LogP contribution in [0.2, 0.25) is 0 Å². The van der Waals surface area contributed by atoms with Crippen LogP contribution in [0, 0.1) is 25.5 Å². The number of hydrogen-bond donors (Lipinski definition) is 3. The number of ether oxygens (including phenoxy) is 1. The molecule has 0 bridgehead atoms. The van der Waals surface area contributed by atoms with Crippen molar-refractivity contribution in [3.05, 3.63) is 95.4 Å². The molecular formula is C31H33F2N7O4. The van der Waals surface area contributed by atoms with Gasteiger partial charge in [-0.25, -0.2) is 23.4 Å². The Bertz CT molecular complexity index is 1630. The summed E-state index contributed by atoms with van der Waals surface area (Å²) in [5.41, 5.74) is 2.23. The summed E-state index contributed by atoms with van der Waals surface area (Å²) in [5, 5.41) is 12.0. The number of anilines is 2. The van der Waals surface area contributed by atoms with Crippen molar-refractivity contribution in [2.24, 2.45) is 0 Å². The average molecular weight is 606 g/mol. The van der Waals surface area contributed by atoms with Crippen molar-refractivity contribution in [1.29, 1.82) is 0 Å². The van der Waals surface area contributed by atoms with Gasteiger partial charge in [-0.05, 0) is 68.7 Å². The first-order chi connectivity index (χ1) is 21.1. The number of aromatic nitrogens is 3. The van der Waals surface area contributed by atoms with Gasteiger partial charge < -0.3 is 20.3 Å². The van der Waals surface area contributed by atoms with Gasteiger partial charge in [0.05, 0.1) is 12.1 Å². The van der Waals surface area contributed by atoms with E-state index in [9.17, 15) is 23.2 Å². The molecule has 0 aliphatic carbocycles. The molecule has 0 fully saturated rings. The van der Waals surface area contributed by atoms with Crippen LogP contribution in [0.5, 0.6) is 11.5 Å². The van der Waals surface area contributed by atoms with Crippen molar-refractivity contribution < 1.29 is 27.9 Å². The zero-order chi connectivity index (χ0) is 31.6. The predicted molar refractivity (Wildman–Crippen MR) is 161 cm³/mol. The maximum absolute atomic E-state index is 14.8. The first-order valence-corrected chi connectivity index (χ1v) is 13.9. The maximum atomic E-state index is 14.8. The normalized spacial score (nSPS) is 10.7. The summed E-state index contributed by atoms with van der Waals surface area (Å²) in [6.45, 7) is 4.85. The van der Waals surface area contributed by atoms with Crippen LogP contribution in [-0.2, 0) is 11.2 Å². The molecule has 2 aromatic heterocycles. The first-order valence-electron chi connectivity index (χ1n) is 13.9. The van der Waals surface area contributed by atoms with Crippen LogP contribution in [0.3, 0.4) is 0 Å². The molecule has 4 aromatic rings. The van der Waals surface area contributed by atoms with Crippen molar-refractivity contribution in [2.75, 3.05) is 30.8 Å². The second kappa shape index (κ2) is 14.7. The zero-order valence-corrected chi connectivity index (χ0v) is 24.6. The molecule has 0 saturated carbocycles. The van der Waals surface area contributed by atoms with Crippen molar-refractivity contribution in [3.63, 3.8) is 0 Å². The summed E-state index contributed by atoms with van der Waals surface area (Å²) in [6.07, 6.45) is 2.94. The Morgan fingerprint density at radius 1 is 0.977 bits per heavy atom. The van der Waals surface area contributed by atoms with Crippen LogP contribution in [0.1, 0.15) is 29.8 Å². The smallest absolute Gasteiger partial charge is 0.344 e. The second-order valence-electron chi connectivity index (χ2n) is 10.1. The minimum atomic E-state index is -0.837. The number of halogens is 2. The molecule has 0 unspecified atom stereocenters. The van der Waals surface area contributed by atoms with Crippen LogP contribution in [-0.4, -0.2) is 57.8 Å². The van der Waals surface area contributed by atoms with Gasteiger partial charge in [-0.2, -0.15) is 9.78 Å². The van der Waals surface area contributed by atoms with Crippen LogP contribution >= 0.6 is 0 Å². The van der Waals surface area contributed by atoms with E-state index in [0.29, 0.717) is 30.2 Å². The maximum Gasteiger partial charge on any atom is 0.344 e. The quantitative estimate of drug-likeness (QED) is 0.188. The Morgan fingerprint density at radius 2 is 1.75 bits per heavy atom. The van der Waals surface area contributed by atoms with Gasteiger partial charge in [0.15, 0.2) is 11.6 Å². The molecule has 13 heteroatoms. The Kier molecular flexibility index (Phi) is 10.6. The number of carbonyl (C=O) groups excluding carboxylic acids is 3. The lowest BCUT2D eigenvalue weighted by atomic mass is 10.1. The Morgan fingerprint density at radius 3 is 2.45 bits per heavy atom. The number of urea groups is 1. The number of aryl methyl sites for hydroxylation is 2. The van der Waals surface area contributed by atoms with E-state index in [1.54, 1.807) is 24.1 Å². The lowest BCUT2D eigenvalue weighted by molar-refractivity contribution is -0.119. The van der Waals surface area contributed by atoms with E-state index in [1.807, 2.05) is 19.9 Å². The van der Waals surface area contributed by atoms with E-state index in [2.05, 4.69) is 26.0 Å². The zero-order valence-electron chi connectivity index (χ0n) is 24.6. The molecule has 2 heterocycles. The fourth-order valence-electron chi connectivity index (χ4n) is 4.25. The third-order valence-electron chi connectivity index (χ3n) is 6.42. The average Bonchev–Trinajstić information content (AvgIpc) is 3.32. The SMILES string of the molecule is Cc1cc(C)n(C(=O)N(C)CCCCNc2cc(Oc3ccc(NC(=O)NC(=O)Cc4ccc(F)cc4)cc3F)ccn2)n1. The number of amides is 4. The molecular weight excluding hydrogens is 572 g/mol. The van der Waals surface area contributed by atoms with Gasteiger partial charge in [-0.1, -0.05) is 12.1 Å². The molecule has 4 amide bonds. The van der Waals surface area contributed by atoms with Crippen LogP contribution in [0.15, 0.2) is 66.9 Å². The molecule has 0 aliphatic heterocycles. The number of benzene rings is 2. The number of imide groups is 1. The highest BCUT2D eigenvalue weighted by atomic mass is 19.1. The standard InChI is InChI=1S/C31H33F2N7O4/c1-20-16-21(2)40(38-20)31(43)39(3)15-5-4-13-34-28-19-25(12-14-35-28)44-27-11-10-24(18-26(27)33)36-30(42)37-29(41)17-22-6-8-23(32)9-7-22/h6-12,14,16,18-19H,4-5,13,15,17H2,1-3H3,(H,34,35)(H2,36,37,41,42).